The van der Waals surface area contributed by atoms with Gasteiger partial charge in [-0.1, -0.05) is 0 Å². The van der Waals surface area contributed by atoms with Gasteiger partial charge in [-0.15, -0.1) is 0 Å². The van der Waals surface area contributed by atoms with Crippen molar-refractivity contribution in [3.05, 3.63) is 22.3 Å². The molecule has 2 N–H and O–H groups in total. The van der Waals surface area contributed by atoms with Crippen molar-refractivity contribution >= 4 is 38.5 Å². The molecule has 1 fully saturated rings. The molecule has 0 saturated carbocycles. The van der Waals surface area contributed by atoms with Crippen LogP contribution in [0, 0.1) is 0 Å². The van der Waals surface area contributed by atoms with Gasteiger partial charge in [0.25, 0.3) is 0 Å². The van der Waals surface area contributed by atoms with E-state index in [0.717, 1.165) is 12.8 Å². The molecule has 0 amide bonds. The zero-order valence-corrected chi connectivity index (χ0v) is 12.0. The van der Waals surface area contributed by atoms with Crippen molar-refractivity contribution in [1.29, 1.82) is 0 Å². The van der Waals surface area contributed by atoms with Crippen LogP contribution in [0.25, 0.3) is 0 Å². The van der Waals surface area contributed by atoms with Gasteiger partial charge in [0, 0.05) is 39.0 Å². The number of pyridine rings is 1. The van der Waals surface area contributed by atoms with Gasteiger partial charge in [0.05, 0.1) is 0 Å². The second-order valence-corrected chi connectivity index (χ2v) is 6.73. The number of rotatable bonds is 3. The molecule has 1 aromatic heterocycles. The number of aromatic nitrogens is 1. The van der Waals surface area contributed by atoms with Crippen LogP contribution in [0.2, 0.25) is 0 Å². The second-order valence-electron chi connectivity index (χ2n) is 4.12. The molecule has 18 heavy (non-hydrogen) atoms. The summed E-state index contributed by atoms with van der Waals surface area (Å²) in [4.78, 5) is 15.2. The van der Waals surface area contributed by atoms with Gasteiger partial charge in [-0.25, -0.2) is 9.78 Å². The van der Waals surface area contributed by atoms with Crippen molar-refractivity contribution in [2.45, 2.75) is 18.9 Å². The lowest BCUT2D eigenvalue weighted by Crippen LogP contribution is -2.30. The lowest BCUT2D eigenvalue weighted by Gasteiger charge is -2.23. The largest absolute Gasteiger partial charge is 0.478 e. The van der Waals surface area contributed by atoms with E-state index in [-0.39, 0.29) is 11.6 Å². The third-order valence-corrected chi connectivity index (χ3v) is 4.63. The molecule has 2 rings (SSSR count). The van der Waals surface area contributed by atoms with E-state index in [1.54, 1.807) is 6.20 Å². The van der Waals surface area contributed by atoms with Gasteiger partial charge in [0.1, 0.15) is 11.4 Å². The Kier molecular flexibility index (Phi) is 4.34. The Morgan fingerprint density at radius 2 is 2.17 bits per heavy atom. The zero-order valence-electron chi connectivity index (χ0n) is 9.56. The molecule has 1 aliphatic heterocycles. The predicted molar refractivity (Wildman–Crippen MR) is 73.4 cm³/mol. The monoisotopic (exact) mass is 332 g/mol. The normalized spacial score (nSPS) is 23.6. The molecule has 0 bridgehead atoms. The van der Waals surface area contributed by atoms with Crippen molar-refractivity contribution < 1.29 is 14.1 Å². The van der Waals surface area contributed by atoms with Crippen molar-refractivity contribution in [1.82, 2.24) is 4.98 Å². The molecule has 1 aliphatic rings. The average molecular weight is 333 g/mol. The van der Waals surface area contributed by atoms with Crippen molar-refractivity contribution in [3.63, 3.8) is 0 Å². The van der Waals surface area contributed by atoms with Crippen molar-refractivity contribution in [2.24, 2.45) is 0 Å². The van der Waals surface area contributed by atoms with E-state index >= 15 is 0 Å². The van der Waals surface area contributed by atoms with Crippen LogP contribution in [0.5, 0.6) is 0 Å². The van der Waals surface area contributed by atoms with E-state index < -0.39 is 16.8 Å². The summed E-state index contributed by atoms with van der Waals surface area (Å²) in [6, 6.07) is 1.67. The summed E-state index contributed by atoms with van der Waals surface area (Å²) in [5.41, 5.74) is 0.149. The number of carboxylic acids is 1. The number of hydrogen-bond donors (Lipinski definition) is 2. The lowest BCUT2D eigenvalue weighted by molar-refractivity contribution is 0.0697. The fraction of sp³-hybridized carbons (Fsp3) is 0.455. The number of nitrogens with one attached hydrogen (secondary N) is 1. The van der Waals surface area contributed by atoms with Crippen LogP contribution in [0.1, 0.15) is 23.2 Å². The molecule has 7 heteroatoms. The minimum Gasteiger partial charge on any atom is -0.478 e. The van der Waals surface area contributed by atoms with Gasteiger partial charge in [-0.05, 0) is 34.8 Å². The first-order chi connectivity index (χ1) is 8.56. The average Bonchev–Trinajstić information content (AvgIpc) is 2.34. The van der Waals surface area contributed by atoms with Crippen molar-refractivity contribution in [3.8, 4) is 0 Å². The summed E-state index contributed by atoms with van der Waals surface area (Å²) in [7, 11) is -0.721. The van der Waals surface area contributed by atoms with Crippen LogP contribution >= 0.6 is 15.9 Å². The molecule has 5 nitrogen and oxygen atoms in total. The van der Waals surface area contributed by atoms with E-state index in [0.29, 0.717) is 21.8 Å². The topological polar surface area (TPSA) is 79.3 Å². The molecule has 2 heterocycles. The Morgan fingerprint density at radius 1 is 1.50 bits per heavy atom. The number of carboxylic acid groups (broad SMARTS) is 1. The van der Waals surface area contributed by atoms with Gasteiger partial charge < -0.3 is 10.4 Å². The maximum atomic E-state index is 11.2. The summed E-state index contributed by atoms with van der Waals surface area (Å²) in [5.74, 6) is 0.696. The highest BCUT2D eigenvalue weighted by atomic mass is 79.9. The Hall–Kier alpha value is -0.950. The van der Waals surface area contributed by atoms with Gasteiger partial charge in [0.2, 0.25) is 0 Å². The molecule has 0 atom stereocenters. The van der Waals surface area contributed by atoms with Gasteiger partial charge in [-0.3, -0.25) is 4.21 Å². The minimum absolute atomic E-state index is 0.148. The molecule has 0 aromatic carbocycles. The smallest absolute Gasteiger partial charge is 0.339 e. The number of halogens is 1. The third-order valence-electron chi connectivity index (χ3n) is 2.81. The Labute approximate surface area is 116 Å². The molecule has 0 unspecified atom stereocenters. The molecule has 0 aliphatic carbocycles. The highest BCUT2D eigenvalue weighted by Crippen LogP contribution is 2.21. The van der Waals surface area contributed by atoms with E-state index in [1.807, 2.05) is 0 Å². The van der Waals surface area contributed by atoms with E-state index in [2.05, 4.69) is 26.2 Å². The molecular weight excluding hydrogens is 320 g/mol. The van der Waals surface area contributed by atoms with Crippen LogP contribution in [-0.4, -0.2) is 37.8 Å². The predicted octanol–water partition coefficient (Wildman–Crippen LogP) is 1.87. The highest BCUT2D eigenvalue weighted by Gasteiger charge is 2.20. The first kappa shape index (κ1) is 13.5. The molecule has 1 saturated heterocycles. The minimum atomic E-state index is -1.01. The first-order valence-corrected chi connectivity index (χ1v) is 7.84. The van der Waals surface area contributed by atoms with Gasteiger partial charge in [0.15, 0.2) is 0 Å². The lowest BCUT2D eigenvalue weighted by atomic mass is 10.1. The third kappa shape index (κ3) is 3.29. The van der Waals surface area contributed by atoms with Gasteiger partial charge in [-0.2, -0.15) is 0 Å². The second kappa shape index (κ2) is 5.79. The fourth-order valence-corrected chi connectivity index (χ4v) is 3.48. The molecule has 0 radical (unpaired) electrons. The van der Waals surface area contributed by atoms with Crippen molar-refractivity contribution in [2.75, 3.05) is 16.8 Å². The summed E-state index contributed by atoms with van der Waals surface area (Å²) >= 11 is 3.20. The van der Waals surface area contributed by atoms with Gasteiger partial charge >= 0.3 is 5.97 Å². The number of carbonyl (C=O) groups is 1. The van der Waals surface area contributed by atoms with E-state index in [1.165, 1.54) is 6.07 Å². The van der Waals surface area contributed by atoms with Crippen LogP contribution in [0.4, 0.5) is 5.82 Å². The molecule has 1 aromatic rings. The standard InChI is InChI=1S/C11H13BrN2O3S/c12-7-5-9(11(15)16)10(13-6-7)14-8-1-3-18(17)4-2-8/h5-6,8H,1-4H2,(H,13,14)(H,15,16). The van der Waals surface area contributed by atoms with Crippen LogP contribution in [0.3, 0.4) is 0 Å². The number of anilines is 1. The highest BCUT2D eigenvalue weighted by molar-refractivity contribution is 9.10. The zero-order chi connectivity index (χ0) is 13.1. The molecule has 98 valence electrons. The van der Waals surface area contributed by atoms with E-state index in [9.17, 15) is 9.00 Å². The summed E-state index contributed by atoms with van der Waals surface area (Å²) in [6.07, 6.45) is 3.13. The quantitative estimate of drug-likeness (QED) is 0.883. The fourth-order valence-electron chi connectivity index (χ4n) is 1.85. The summed E-state index contributed by atoms with van der Waals surface area (Å²) < 4.78 is 11.9. The van der Waals surface area contributed by atoms with E-state index in [4.69, 9.17) is 5.11 Å². The number of hydrogen-bond acceptors (Lipinski definition) is 4. The van der Waals surface area contributed by atoms with Crippen LogP contribution in [0.15, 0.2) is 16.7 Å². The molecular formula is C11H13BrN2O3S. The Balaban J connectivity index is 2.13. The number of aromatic carboxylic acids is 1. The van der Waals surface area contributed by atoms with Crippen LogP contribution in [-0.2, 0) is 10.8 Å². The molecule has 0 spiro atoms. The Morgan fingerprint density at radius 3 is 2.78 bits per heavy atom. The maximum absolute atomic E-state index is 11.2. The number of nitrogens with zero attached hydrogens (tertiary/aromatic N) is 1. The first-order valence-electron chi connectivity index (χ1n) is 5.56. The SMILES string of the molecule is O=C(O)c1cc(Br)cnc1NC1CCS(=O)CC1. The summed E-state index contributed by atoms with van der Waals surface area (Å²) in [6.45, 7) is 0. The Bertz CT molecular complexity index is 485. The summed E-state index contributed by atoms with van der Waals surface area (Å²) in [5, 5.41) is 12.2. The van der Waals surface area contributed by atoms with Crippen LogP contribution < -0.4 is 5.32 Å². The maximum Gasteiger partial charge on any atom is 0.339 e.